The Morgan fingerprint density at radius 3 is 2.83 bits per heavy atom. The van der Waals surface area contributed by atoms with Crippen molar-refractivity contribution in [1.29, 1.82) is 0 Å². The second-order valence-corrected chi connectivity index (χ2v) is 6.21. The maximum atomic E-state index is 12.3. The third-order valence-electron chi connectivity index (χ3n) is 4.26. The second-order valence-electron chi connectivity index (χ2n) is 6.21. The van der Waals surface area contributed by atoms with Crippen LogP contribution in [0.4, 0.5) is 5.95 Å². The summed E-state index contributed by atoms with van der Waals surface area (Å²) in [6.07, 6.45) is 1.77. The number of aliphatic hydroxyl groups is 1. The number of amides is 2. The van der Waals surface area contributed by atoms with E-state index in [-0.39, 0.29) is 18.2 Å². The first-order chi connectivity index (χ1) is 11.5. The molecule has 0 aliphatic carbocycles. The zero-order valence-electron chi connectivity index (χ0n) is 13.3. The zero-order chi connectivity index (χ0) is 17.1. The molecule has 5 N–H and O–H groups in total. The molecule has 10 nitrogen and oxygen atoms in total. The summed E-state index contributed by atoms with van der Waals surface area (Å²) in [4.78, 5) is 29.9. The van der Waals surface area contributed by atoms with E-state index in [9.17, 15) is 14.7 Å². The fourth-order valence-corrected chi connectivity index (χ4v) is 3.00. The number of carbonyl (C=O) groups is 2. The summed E-state index contributed by atoms with van der Waals surface area (Å²) in [5.74, 6) is -0.303. The van der Waals surface area contributed by atoms with Crippen molar-refractivity contribution in [3.8, 4) is 0 Å². The molecule has 0 bridgehead atoms. The van der Waals surface area contributed by atoms with Gasteiger partial charge < -0.3 is 30.9 Å². The lowest BCUT2D eigenvalue weighted by molar-refractivity contribution is -0.124. The topological polar surface area (TPSA) is 147 Å². The predicted octanol–water partition coefficient (Wildman–Crippen LogP) is -1.57. The molecular formula is C14H22N6O4. The standard InChI is InChI=1S/C14H22N6O4/c15-11(22)6-10(17-12(23)9-5-8(21)7-16-9)13-18-14(19-24-13)20-3-1-2-4-20/h8-10,16,21H,1-7H2,(H2,15,22)(H,17,23). The van der Waals surface area contributed by atoms with Gasteiger partial charge in [0.2, 0.25) is 11.8 Å². The molecule has 132 valence electrons. The van der Waals surface area contributed by atoms with Crippen molar-refractivity contribution in [2.75, 3.05) is 24.5 Å². The molecule has 2 amide bonds. The van der Waals surface area contributed by atoms with Crippen LogP contribution in [0.15, 0.2) is 4.52 Å². The summed E-state index contributed by atoms with van der Waals surface area (Å²) in [6.45, 7) is 2.07. The molecule has 2 fully saturated rings. The van der Waals surface area contributed by atoms with Gasteiger partial charge in [-0.05, 0) is 24.4 Å². The number of nitrogens with one attached hydrogen (secondary N) is 2. The Kier molecular flexibility index (Phi) is 4.95. The van der Waals surface area contributed by atoms with Gasteiger partial charge >= 0.3 is 0 Å². The smallest absolute Gasteiger partial charge is 0.266 e. The summed E-state index contributed by atoms with van der Waals surface area (Å²) in [6, 6.07) is -1.30. The average molecular weight is 338 g/mol. The van der Waals surface area contributed by atoms with Gasteiger partial charge in [-0.2, -0.15) is 4.98 Å². The minimum absolute atomic E-state index is 0.136. The molecule has 3 atom stereocenters. The number of hydrogen-bond donors (Lipinski definition) is 4. The van der Waals surface area contributed by atoms with Crippen molar-refractivity contribution in [1.82, 2.24) is 20.8 Å². The lowest BCUT2D eigenvalue weighted by atomic mass is 10.1. The highest BCUT2D eigenvalue weighted by molar-refractivity contribution is 5.83. The van der Waals surface area contributed by atoms with Gasteiger partial charge in [0.25, 0.3) is 11.8 Å². The quantitative estimate of drug-likeness (QED) is 0.486. The Balaban J connectivity index is 1.69. The number of anilines is 1. The Hall–Kier alpha value is -2.20. The third kappa shape index (κ3) is 3.82. The first-order valence-corrected chi connectivity index (χ1v) is 8.11. The number of carbonyl (C=O) groups excluding carboxylic acids is 2. The Bertz CT molecular complexity index is 600. The Labute approximate surface area is 138 Å². The maximum absolute atomic E-state index is 12.3. The molecule has 3 unspecified atom stereocenters. The highest BCUT2D eigenvalue weighted by Crippen LogP contribution is 2.21. The predicted molar refractivity (Wildman–Crippen MR) is 82.9 cm³/mol. The molecule has 0 spiro atoms. The molecule has 2 saturated heterocycles. The monoisotopic (exact) mass is 338 g/mol. The van der Waals surface area contributed by atoms with Crippen molar-refractivity contribution >= 4 is 17.8 Å². The lowest BCUT2D eigenvalue weighted by Gasteiger charge is -2.17. The van der Waals surface area contributed by atoms with E-state index in [1.54, 1.807) is 0 Å². The van der Waals surface area contributed by atoms with E-state index >= 15 is 0 Å². The fraction of sp³-hybridized carbons (Fsp3) is 0.714. The molecule has 24 heavy (non-hydrogen) atoms. The SMILES string of the molecule is NC(=O)CC(NC(=O)C1CC(O)CN1)c1nc(N2CCCC2)no1. The van der Waals surface area contributed by atoms with E-state index < -0.39 is 24.1 Å². The normalized spacial score (nSPS) is 25.0. The van der Waals surface area contributed by atoms with Crippen LogP contribution in [0.1, 0.15) is 37.6 Å². The zero-order valence-corrected chi connectivity index (χ0v) is 13.3. The van der Waals surface area contributed by atoms with Gasteiger partial charge in [-0.3, -0.25) is 9.59 Å². The largest absolute Gasteiger partial charge is 0.392 e. The molecule has 10 heteroatoms. The van der Waals surface area contributed by atoms with E-state index in [0.29, 0.717) is 18.9 Å². The van der Waals surface area contributed by atoms with Crippen molar-refractivity contribution in [2.24, 2.45) is 5.73 Å². The molecule has 1 aromatic rings. The molecule has 3 heterocycles. The van der Waals surface area contributed by atoms with Crippen LogP contribution >= 0.6 is 0 Å². The number of rotatable bonds is 6. The highest BCUT2D eigenvalue weighted by Gasteiger charge is 2.32. The third-order valence-corrected chi connectivity index (χ3v) is 4.26. The molecule has 1 aromatic heterocycles. The number of hydrogen-bond acceptors (Lipinski definition) is 8. The van der Waals surface area contributed by atoms with Crippen LogP contribution < -0.4 is 21.3 Å². The van der Waals surface area contributed by atoms with Gasteiger partial charge in [-0.15, -0.1) is 0 Å². The average Bonchev–Trinajstić information content (AvgIpc) is 3.26. The molecule has 0 radical (unpaired) electrons. The number of nitrogens with zero attached hydrogens (tertiary/aromatic N) is 3. The maximum Gasteiger partial charge on any atom is 0.266 e. The highest BCUT2D eigenvalue weighted by atomic mass is 16.5. The molecule has 0 saturated carbocycles. The molecule has 3 rings (SSSR count). The number of aromatic nitrogens is 2. The van der Waals surface area contributed by atoms with Crippen molar-refractivity contribution < 1.29 is 19.2 Å². The van der Waals surface area contributed by atoms with Gasteiger partial charge in [0.15, 0.2) is 0 Å². The molecule has 2 aliphatic rings. The molecular weight excluding hydrogens is 316 g/mol. The minimum atomic E-state index is -0.779. The van der Waals surface area contributed by atoms with Crippen LogP contribution in [-0.4, -0.2) is 58.8 Å². The molecule has 0 aromatic carbocycles. The van der Waals surface area contributed by atoms with Crippen molar-refractivity contribution in [2.45, 2.75) is 43.9 Å². The van der Waals surface area contributed by atoms with Crippen LogP contribution in [0, 0.1) is 0 Å². The van der Waals surface area contributed by atoms with Gasteiger partial charge in [0.05, 0.1) is 18.6 Å². The van der Waals surface area contributed by atoms with Crippen LogP contribution in [0.3, 0.4) is 0 Å². The summed E-state index contributed by atoms with van der Waals surface area (Å²) in [7, 11) is 0. The van der Waals surface area contributed by atoms with Crippen LogP contribution in [0.2, 0.25) is 0 Å². The van der Waals surface area contributed by atoms with Crippen LogP contribution in [0.5, 0.6) is 0 Å². The van der Waals surface area contributed by atoms with Crippen molar-refractivity contribution in [3.63, 3.8) is 0 Å². The van der Waals surface area contributed by atoms with Gasteiger partial charge in [0, 0.05) is 19.6 Å². The summed E-state index contributed by atoms with van der Waals surface area (Å²) in [5, 5.41) is 19.0. The Morgan fingerprint density at radius 1 is 1.46 bits per heavy atom. The Morgan fingerprint density at radius 2 is 2.21 bits per heavy atom. The summed E-state index contributed by atoms with van der Waals surface area (Å²) >= 11 is 0. The van der Waals surface area contributed by atoms with Crippen LogP contribution in [0.25, 0.3) is 0 Å². The van der Waals surface area contributed by atoms with Gasteiger partial charge in [-0.1, -0.05) is 0 Å². The van der Waals surface area contributed by atoms with E-state index in [1.807, 2.05) is 4.90 Å². The second kappa shape index (κ2) is 7.14. The van der Waals surface area contributed by atoms with E-state index in [2.05, 4.69) is 20.8 Å². The van der Waals surface area contributed by atoms with E-state index in [4.69, 9.17) is 10.3 Å². The van der Waals surface area contributed by atoms with Gasteiger partial charge in [-0.25, -0.2) is 0 Å². The number of nitrogens with two attached hydrogens (primary N) is 1. The van der Waals surface area contributed by atoms with Crippen molar-refractivity contribution in [3.05, 3.63) is 5.89 Å². The van der Waals surface area contributed by atoms with E-state index in [0.717, 1.165) is 25.9 Å². The summed E-state index contributed by atoms with van der Waals surface area (Å²) in [5.41, 5.74) is 5.26. The number of aliphatic hydroxyl groups excluding tert-OH is 1. The van der Waals surface area contributed by atoms with Crippen LogP contribution in [-0.2, 0) is 9.59 Å². The molecule has 2 aliphatic heterocycles. The number of β-amino-alcohol motifs (C(OH)–C–C–N with tert-alkyl or cyclic N) is 1. The first-order valence-electron chi connectivity index (χ1n) is 8.11. The minimum Gasteiger partial charge on any atom is -0.392 e. The van der Waals surface area contributed by atoms with Gasteiger partial charge in [0.1, 0.15) is 6.04 Å². The number of primary amides is 1. The van der Waals surface area contributed by atoms with E-state index in [1.165, 1.54) is 0 Å². The lowest BCUT2D eigenvalue weighted by Crippen LogP contribution is -2.43. The summed E-state index contributed by atoms with van der Waals surface area (Å²) < 4.78 is 5.23. The first kappa shape index (κ1) is 16.7. The fourth-order valence-electron chi connectivity index (χ4n) is 3.00.